The molecular formula is C30H28F3N3O2S. The predicted molar refractivity (Wildman–Crippen MR) is 141 cm³/mol. The summed E-state index contributed by atoms with van der Waals surface area (Å²) >= 11 is 0. The van der Waals surface area contributed by atoms with Crippen molar-refractivity contribution in [3.8, 4) is 5.69 Å². The highest BCUT2D eigenvalue weighted by atomic mass is 32.2. The molecular weight excluding hydrogens is 523 g/mol. The molecule has 2 aliphatic carbocycles. The molecule has 5 nitrogen and oxygen atoms in total. The molecule has 9 heteroatoms. The van der Waals surface area contributed by atoms with E-state index >= 15 is 8.78 Å². The van der Waals surface area contributed by atoms with Crippen LogP contribution in [0.5, 0.6) is 0 Å². The van der Waals surface area contributed by atoms with Gasteiger partial charge in [0.25, 0.3) is 5.92 Å². The summed E-state index contributed by atoms with van der Waals surface area (Å²) in [5.41, 5.74) is 1.02. The van der Waals surface area contributed by atoms with E-state index < -0.39 is 32.3 Å². The van der Waals surface area contributed by atoms with E-state index in [4.69, 9.17) is 0 Å². The standard InChI is InChI=1S/C30H28F3N3O2S/c1-20-5-12-25(13-6-20)39(37,38)26-14-7-22-16-27-21(19-35-36(27)24-10-8-23(31)9-11-24)17-29(22,18-26)30(32,33)28-4-2-3-15-34-28/h2-6,8-13,15,19,22,26H,7,14,16-18H2,1H3/t22?,26-,29+/m1/s1. The fraction of sp³-hybridized carbons (Fsp3) is 0.333. The molecule has 3 atom stereocenters. The van der Waals surface area contributed by atoms with Crippen LogP contribution >= 0.6 is 0 Å². The van der Waals surface area contributed by atoms with Crippen molar-refractivity contribution in [2.45, 2.75) is 55.1 Å². The summed E-state index contributed by atoms with van der Waals surface area (Å²) in [6.07, 6.45) is 3.65. The third-order valence-corrected chi connectivity index (χ3v) is 10.8. The molecule has 0 radical (unpaired) electrons. The number of halogens is 3. The van der Waals surface area contributed by atoms with Crippen molar-refractivity contribution in [3.63, 3.8) is 0 Å². The lowest BCUT2D eigenvalue weighted by atomic mass is 9.55. The predicted octanol–water partition coefficient (Wildman–Crippen LogP) is 6.23. The van der Waals surface area contributed by atoms with Gasteiger partial charge in [-0.2, -0.15) is 13.9 Å². The Morgan fingerprint density at radius 1 is 1.00 bits per heavy atom. The van der Waals surface area contributed by atoms with E-state index in [1.165, 1.54) is 30.5 Å². The number of nitrogens with zero attached hydrogens (tertiary/aromatic N) is 3. The van der Waals surface area contributed by atoms with Gasteiger partial charge >= 0.3 is 0 Å². The number of sulfone groups is 1. The first-order chi connectivity index (χ1) is 18.6. The SMILES string of the molecule is Cc1ccc(S(=O)(=O)[C@@H]2CCC3Cc4c(cnn4-c4ccc(F)cc4)C[C@]3(C(F)(F)c3ccccn3)C2)cc1. The van der Waals surface area contributed by atoms with Gasteiger partial charge in [-0.3, -0.25) is 4.98 Å². The second-order valence-corrected chi connectivity index (χ2v) is 13.0. The third kappa shape index (κ3) is 4.18. The van der Waals surface area contributed by atoms with Crippen molar-refractivity contribution >= 4 is 9.84 Å². The molecule has 0 spiro atoms. The van der Waals surface area contributed by atoms with Gasteiger partial charge < -0.3 is 0 Å². The van der Waals surface area contributed by atoms with Crippen LogP contribution in [0.2, 0.25) is 0 Å². The van der Waals surface area contributed by atoms with Crippen molar-refractivity contribution in [2.24, 2.45) is 11.3 Å². The average molecular weight is 552 g/mol. The lowest BCUT2D eigenvalue weighted by Gasteiger charge is -2.52. The summed E-state index contributed by atoms with van der Waals surface area (Å²) in [6, 6.07) is 16.9. The maximum atomic E-state index is 16.7. The van der Waals surface area contributed by atoms with Gasteiger partial charge in [-0.1, -0.05) is 23.8 Å². The van der Waals surface area contributed by atoms with E-state index in [-0.39, 0.29) is 29.2 Å². The van der Waals surface area contributed by atoms with Crippen molar-refractivity contribution < 1.29 is 21.6 Å². The largest absolute Gasteiger partial charge is 0.295 e. The smallest absolute Gasteiger partial charge is 0.255 e. The highest BCUT2D eigenvalue weighted by molar-refractivity contribution is 7.92. The van der Waals surface area contributed by atoms with Gasteiger partial charge in [-0.05, 0) is 99.0 Å². The number of hydrogen-bond donors (Lipinski definition) is 0. The van der Waals surface area contributed by atoms with Gasteiger partial charge in [0, 0.05) is 17.3 Å². The summed E-state index contributed by atoms with van der Waals surface area (Å²) < 4.78 is 76.1. The van der Waals surface area contributed by atoms with Crippen molar-refractivity contribution in [1.82, 2.24) is 14.8 Å². The van der Waals surface area contributed by atoms with Gasteiger partial charge in [0.05, 0.1) is 22.0 Å². The molecule has 6 rings (SSSR count). The summed E-state index contributed by atoms with van der Waals surface area (Å²) in [7, 11) is -3.84. The van der Waals surface area contributed by atoms with Gasteiger partial charge in [-0.15, -0.1) is 0 Å². The first kappa shape index (κ1) is 25.8. The Morgan fingerprint density at radius 3 is 2.44 bits per heavy atom. The number of hydrogen-bond acceptors (Lipinski definition) is 4. The highest BCUT2D eigenvalue weighted by Gasteiger charge is 2.64. The normalized spacial score (nSPS) is 23.2. The minimum absolute atomic E-state index is 0.0301. The zero-order valence-electron chi connectivity index (χ0n) is 21.4. The molecule has 1 fully saturated rings. The monoisotopic (exact) mass is 551 g/mol. The van der Waals surface area contributed by atoms with Crippen LogP contribution < -0.4 is 0 Å². The van der Waals surface area contributed by atoms with Gasteiger partial charge in [-0.25, -0.2) is 17.5 Å². The number of alkyl halides is 2. The second kappa shape index (κ2) is 9.33. The maximum absolute atomic E-state index is 16.7. The molecule has 2 aliphatic rings. The molecule has 2 aromatic carbocycles. The van der Waals surface area contributed by atoms with E-state index in [1.807, 2.05) is 6.92 Å². The van der Waals surface area contributed by atoms with Crippen molar-refractivity contribution in [3.05, 3.63) is 107 Å². The Bertz CT molecular complexity index is 1600. The number of aromatic nitrogens is 3. The molecule has 0 bridgehead atoms. The third-order valence-electron chi connectivity index (χ3n) is 8.58. The Hall–Kier alpha value is -3.46. The molecule has 2 aromatic heterocycles. The topological polar surface area (TPSA) is 64.8 Å². The number of aryl methyl sites for hydroxylation is 1. The molecule has 202 valence electrons. The van der Waals surface area contributed by atoms with Crippen LogP contribution in [0.15, 0.2) is 84.0 Å². The zero-order valence-corrected chi connectivity index (χ0v) is 22.2. The van der Waals surface area contributed by atoms with Crippen LogP contribution in [0.3, 0.4) is 0 Å². The Labute approximate surface area is 225 Å². The minimum Gasteiger partial charge on any atom is -0.255 e. The Morgan fingerprint density at radius 2 is 1.74 bits per heavy atom. The molecule has 39 heavy (non-hydrogen) atoms. The van der Waals surface area contributed by atoms with Crippen molar-refractivity contribution in [2.75, 3.05) is 0 Å². The number of fused-ring (bicyclic) bond motifs is 2. The van der Waals surface area contributed by atoms with Gasteiger partial charge in [0.1, 0.15) is 11.5 Å². The first-order valence-electron chi connectivity index (χ1n) is 13.0. The van der Waals surface area contributed by atoms with Crippen LogP contribution in [-0.2, 0) is 28.6 Å². The van der Waals surface area contributed by atoms with Gasteiger partial charge in [0.15, 0.2) is 9.84 Å². The van der Waals surface area contributed by atoms with Crippen LogP contribution in [0.1, 0.15) is 41.8 Å². The quantitative estimate of drug-likeness (QED) is 0.295. The number of benzene rings is 2. The molecule has 4 aromatic rings. The molecule has 2 heterocycles. The summed E-state index contributed by atoms with van der Waals surface area (Å²) in [4.78, 5) is 4.19. The van der Waals surface area contributed by atoms with Crippen molar-refractivity contribution in [1.29, 1.82) is 0 Å². The van der Waals surface area contributed by atoms with Crippen LogP contribution in [0.4, 0.5) is 13.2 Å². The molecule has 1 saturated carbocycles. The molecule has 0 aliphatic heterocycles. The number of rotatable bonds is 5. The fourth-order valence-electron chi connectivity index (χ4n) is 6.49. The second-order valence-electron chi connectivity index (χ2n) is 10.8. The first-order valence-corrected chi connectivity index (χ1v) is 14.6. The zero-order chi connectivity index (χ0) is 27.4. The van der Waals surface area contributed by atoms with E-state index in [0.29, 0.717) is 30.5 Å². The summed E-state index contributed by atoms with van der Waals surface area (Å²) in [5, 5.41) is 3.54. The Kier molecular flexibility index (Phi) is 6.17. The fourth-order valence-corrected chi connectivity index (χ4v) is 8.35. The minimum atomic E-state index is -3.84. The average Bonchev–Trinajstić information content (AvgIpc) is 3.34. The molecule has 0 N–H and O–H groups in total. The number of pyridine rings is 1. The van der Waals surface area contributed by atoms with E-state index in [0.717, 1.165) is 11.3 Å². The summed E-state index contributed by atoms with van der Waals surface area (Å²) in [5.74, 6) is -4.25. The molecule has 1 unspecified atom stereocenters. The van der Waals surface area contributed by atoms with Crippen LogP contribution in [0, 0.1) is 24.1 Å². The van der Waals surface area contributed by atoms with Gasteiger partial charge in [0.2, 0.25) is 0 Å². The molecule has 0 saturated heterocycles. The van der Waals surface area contributed by atoms with E-state index in [2.05, 4.69) is 10.1 Å². The van der Waals surface area contributed by atoms with Crippen LogP contribution in [0.25, 0.3) is 5.69 Å². The lowest BCUT2D eigenvalue weighted by Crippen LogP contribution is -2.55. The lowest BCUT2D eigenvalue weighted by molar-refractivity contribution is -0.180. The highest BCUT2D eigenvalue weighted by Crippen LogP contribution is 2.61. The maximum Gasteiger partial charge on any atom is 0.295 e. The Balaban J connectivity index is 1.45. The van der Waals surface area contributed by atoms with Crippen LogP contribution in [-0.4, -0.2) is 28.4 Å². The molecule has 0 amide bonds. The summed E-state index contributed by atoms with van der Waals surface area (Å²) in [6.45, 7) is 1.87. The van der Waals surface area contributed by atoms with E-state index in [9.17, 15) is 12.8 Å². The van der Waals surface area contributed by atoms with E-state index in [1.54, 1.807) is 53.3 Å².